The summed E-state index contributed by atoms with van der Waals surface area (Å²) < 4.78 is 0. The van der Waals surface area contributed by atoms with Crippen molar-refractivity contribution in [1.29, 1.82) is 0 Å². The zero-order valence-electron chi connectivity index (χ0n) is 8.43. The number of carboxylic acids is 1. The molecule has 1 aromatic carbocycles. The molecule has 0 bridgehead atoms. The Morgan fingerprint density at radius 3 is 2.40 bits per heavy atom. The molecule has 0 unspecified atom stereocenters. The van der Waals surface area contributed by atoms with E-state index in [4.69, 9.17) is 5.11 Å². The van der Waals surface area contributed by atoms with Crippen molar-refractivity contribution in [2.24, 2.45) is 0 Å². The Kier molecular flexibility index (Phi) is 3.85. The Bertz CT molecular complexity index is 348. The van der Waals surface area contributed by atoms with Gasteiger partial charge in [-0.2, -0.15) is 0 Å². The summed E-state index contributed by atoms with van der Waals surface area (Å²) in [6.45, 7) is 1.71. The van der Waals surface area contributed by atoms with Gasteiger partial charge in [0, 0.05) is 5.56 Å². The van der Waals surface area contributed by atoms with Crippen LogP contribution in [0.1, 0.15) is 23.7 Å². The molecule has 0 aliphatic heterocycles. The first-order chi connectivity index (χ1) is 7.15. The van der Waals surface area contributed by atoms with Crippen LogP contribution in [0.2, 0.25) is 0 Å². The molecule has 0 fully saturated rings. The molecule has 4 heteroatoms. The molecule has 1 rings (SSSR count). The number of hydrogen-bond donors (Lipinski definition) is 2. The minimum absolute atomic E-state index is 0.357. The normalized spacial score (nSPS) is 11.8. The average Bonchev–Trinajstić information content (AvgIpc) is 2.26. The fourth-order valence-electron chi connectivity index (χ4n) is 1.17. The summed E-state index contributed by atoms with van der Waals surface area (Å²) in [6.07, 6.45) is 0.369. The molecule has 0 radical (unpaired) electrons. The molecule has 4 nitrogen and oxygen atoms in total. The van der Waals surface area contributed by atoms with E-state index in [-0.39, 0.29) is 5.91 Å². The molecular formula is C11H13NO3. The molecule has 0 heterocycles. The number of aliphatic carboxylic acids is 1. The van der Waals surface area contributed by atoms with Crippen molar-refractivity contribution in [3.63, 3.8) is 0 Å². The van der Waals surface area contributed by atoms with Crippen molar-refractivity contribution in [2.45, 2.75) is 19.4 Å². The summed E-state index contributed by atoms with van der Waals surface area (Å²) in [6, 6.07) is 7.73. The minimum atomic E-state index is -1.01. The number of carboxylic acid groups (broad SMARTS) is 1. The number of carbonyl (C=O) groups excluding carboxylic acids is 1. The van der Waals surface area contributed by atoms with Crippen LogP contribution in [0.3, 0.4) is 0 Å². The van der Waals surface area contributed by atoms with Crippen molar-refractivity contribution in [3.05, 3.63) is 35.9 Å². The maximum absolute atomic E-state index is 11.5. The van der Waals surface area contributed by atoms with Crippen LogP contribution in [0.15, 0.2) is 30.3 Å². The third-order valence-electron chi connectivity index (χ3n) is 2.05. The van der Waals surface area contributed by atoms with Crippen LogP contribution in [0.25, 0.3) is 0 Å². The van der Waals surface area contributed by atoms with Gasteiger partial charge in [-0.05, 0) is 18.6 Å². The lowest BCUT2D eigenvalue weighted by atomic mass is 10.2. The zero-order chi connectivity index (χ0) is 11.3. The maximum atomic E-state index is 11.5. The highest BCUT2D eigenvalue weighted by Crippen LogP contribution is 2.00. The highest BCUT2D eigenvalue weighted by Gasteiger charge is 2.17. The van der Waals surface area contributed by atoms with Crippen LogP contribution < -0.4 is 5.32 Å². The second kappa shape index (κ2) is 5.14. The molecule has 0 saturated heterocycles. The lowest BCUT2D eigenvalue weighted by Crippen LogP contribution is -2.40. The lowest BCUT2D eigenvalue weighted by Gasteiger charge is -2.11. The number of benzene rings is 1. The Balaban J connectivity index is 2.67. The van der Waals surface area contributed by atoms with E-state index in [0.29, 0.717) is 12.0 Å². The Hall–Kier alpha value is -1.84. The van der Waals surface area contributed by atoms with Crippen LogP contribution in [0.4, 0.5) is 0 Å². The van der Waals surface area contributed by atoms with Gasteiger partial charge in [0.1, 0.15) is 6.04 Å². The van der Waals surface area contributed by atoms with Gasteiger partial charge in [-0.25, -0.2) is 4.79 Å². The second-order valence-corrected chi connectivity index (χ2v) is 3.14. The number of nitrogens with one attached hydrogen (secondary N) is 1. The number of hydrogen-bond acceptors (Lipinski definition) is 2. The van der Waals surface area contributed by atoms with Crippen LogP contribution >= 0.6 is 0 Å². The summed E-state index contributed by atoms with van der Waals surface area (Å²) >= 11 is 0. The molecule has 0 spiro atoms. The fraction of sp³-hybridized carbons (Fsp3) is 0.273. The number of amides is 1. The van der Waals surface area contributed by atoms with Crippen molar-refractivity contribution >= 4 is 11.9 Å². The van der Waals surface area contributed by atoms with Gasteiger partial charge >= 0.3 is 5.97 Å². The van der Waals surface area contributed by atoms with Gasteiger partial charge in [0.2, 0.25) is 0 Å². The summed E-state index contributed by atoms with van der Waals surface area (Å²) in [4.78, 5) is 22.2. The summed E-state index contributed by atoms with van der Waals surface area (Å²) in [7, 11) is 0. The lowest BCUT2D eigenvalue weighted by molar-refractivity contribution is -0.139. The molecule has 0 aliphatic carbocycles. The highest BCUT2D eigenvalue weighted by molar-refractivity contribution is 5.96. The zero-order valence-corrected chi connectivity index (χ0v) is 8.43. The van der Waals surface area contributed by atoms with E-state index in [0.717, 1.165) is 0 Å². The van der Waals surface area contributed by atoms with Gasteiger partial charge in [-0.3, -0.25) is 4.79 Å². The maximum Gasteiger partial charge on any atom is 0.326 e. The van der Waals surface area contributed by atoms with Crippen molar-refractivity contribution in [1.82, 2.24) is 5.32 Å². The van der Waals surface area contributed by atoms with E-state index in [9.17, 15) is 9.59 Å². The largest absolute Gasteiger partial charge is 0.480 e. The molecule has 80 valence electrons. The van der Waals surface area contributed by atoms with Gasteiger partial charge < -0.3 is 10.4 Å². The van der Waals surface area contributed by atoms with Gasteiger partial charge in [0.15, 0.2) is 0 Å². The molecule has 0 aliphatic rings. The van der Waals surface area contributed by atoms with E-state index in [1.807, 2.05) is 0 Å². The first kappa shape index (κ1) is 11.2. The van der Waals surface area contributed by atoms with Gasteiger partial charge in [-0.15, -0.1) is 0 Å². The fourth-order valence-corrected chi connectivity index (χ4v) is 1.17. The second-order valence-electron chi connectivity index (χ2n) is 3.14. The van der Waals surface area contributed by atoms with Crippen molar-refractivity contribution < 1.29 is 14.7 Å². The van der Waals surface area contributed by atoms with Gasteiger partial charge in [-0.1, -0.05) is 25.1 Å². The SMILES string of the molecule is CC[C@H](NC(=O)c1ccccc1)C(=O)O. The summed E-state index contributed by atoms with van der Waals surface area (Å²) in [5, 5.41) is 11.2. The van der Waals surface area contributed by atoms with Crippen LogP contribution in [-0.2, 0) is 4.79 Å². The molecule has 2 N–H and O–H groups in total. The minimum Gasteiger partial charge on any atom is -0.480 e. The molecule has 1 atom stereocenters. The number of carbonyl (C=O) groups is 2. The Labute approximate surface area is 87.9 Å². The third-order valence-corrected chi connectivity index (χ3v) is 2.05. The van der Waals surface area contributed by atoms with E-state index in [1.54, 1.807) is 37.3 Å². The Morgan fingerprint density at radius 2 is 1.93 bits per heavy atom. The molecule has 0 saturated carbocycles. The van der Waals surface area contributed by atoms with Crippen molar-refractivity contribution in [3.8, 4) is 0 Å². The van der Waals surface area contributed by atoms with Crippen molar-refractivity contribution in [2.75, 3.05) is 0 Å². The van der Waals surface area contributed by atoms with E-state index < -0.39 is 12.0 Å². The van der Waals surface area contributed by atoms with Gasteiger partial charge in [0.25, 0.3) is 5.91 Å². The predicted molar refractivity (Wildman–Crippen MR) is 55.6 cm³/mol. The summed E-state index contributed by atoms with van der Waals surface area (Å²) in [5.41, 5.74) is 0.470. The topological polar surface area (TPSA) is 66.4 Å². The first-order valence-electron chi connectivity index (χ1n) is 4.74. The monoisotopic (exact) mass is 207 g/mol. The standard InChI is InChI=1S/C11H13NO3/c1-2-9(11(14)15)12-10(13)8-6-4-3-5-7-8/h3-7,9H,2H2,1H3,(H,12,13)(H,14,15)/t9-/m0/s1. The average molecular weight is 207 g/mol. The summed E-state index contributed by atoms with van der Waals surface area (Å²) in [5.74, 6) is -1.37. The Morgan fingerprint density at radius 1 is 1.33 bits per heavy atom. The molecule has 1 aromatic rings. The molecule has 15 heavy (non-hydrogen) atoms. The molecule has 1 amide bonds. The number of rotatable bonds is 4. The van der Waals surface area contributed by atoms with Crippen LogP contribution in [-0.4, -0.2) is 23.0 Å². The third kappa shape index (κ3) is 3.09. The van der Waals surface area contributed by atoms with E-state index >= 15 is 0 Å². The predicted octanol–water partition coefficient (Wildman–Crippen LogP) is 1.28. The quantitative estimate of drug-likeness (QED) is 0.781. The van der Waals surface area contributed by atoms with Crippen LogP contribution in [0, 0.1) is 0 Å². The van der Waals surface area contributed by atoms with E-state index in [1.165, 1.54) is 0 Å². The first-order valence-corrected chi connectivity index (χ1v) is 4.74. The molecular weight excluding hydrogens is 194 g/mol. The molecule has 0 aromatic heterocycles. The highest BCUT2D eigenvalue weighted by atomic mass is 16.4. The smallest absolute Gasteiger partial charge is 0.326 e. The van der Waals surface area contributed by atoms with Crippen LogP contribution in [0.5, 0.6) is 0 Å². The van der Waals surface area contributed by atoms with Gasteiger partial charge in [0.05, 0.1) is 0 Å². The van der Waals surface area contributed by atoms with E-state index in [2.05, 4.69) is 5.32 Å².